The van der Waals surface area contributed by atoms with E-state index >= 15 is 0 Å². The number of amides is 1. The third-order valence-electron chi connectivity index (χ3n) is 4.55. The number of aryl methyl sites for hydroxylation is 1. The van der Waals surface area contributed by atoms with E-state index in [-0.39, 0.29) is 12.5 Å². The van der Waals surface area contributed by atoms with Gasteiger partial charge in [-0.25, -0.2) is 0 Å². The number of thiophene rings is 1. The first-order chi connectivity index (χ1) is 11.2. The zero-order valence-electron chi connectivity index (χ0n) is 13.5. The molecule has 4 heteroatoms. The predicted octanol–water partition coefficient (Wildman–Crippen LogP) is 3.51. The Bertz CT molecular complexity index is 662. The van der Waals surface area contributed by atoms with Crippen LogP contribution in [0.15, 0.2) is 35.7 Å². The van der Waals surface area contributed by atoms with E-state index in [0.29, 0.717) is 5.92 Å². The number of rotatable bonds is 5. The number of nitrogens with zero attached hydrogens (tertiary/aromatic N) is 1. The number of likely N-dealkylation sites (tertiary alicyclic amines) is 1. The fraction of sp³-hybridized carbons (Fsp3) is 0.421. The summed E-state index contributed by atoms with van der Waals surface area (Å²) in [6.07, 6.45) is 3.06. The summed E-state index contributed by atoms with van der Waals surface area (Å²) in [6, 6.07) is 10.2. The summed E-state index contributed by atoms with van der Waals surface area (Å²) in [5, 5.41) is 11.1. The average Bonchev–Trinajstić information content (AvgIpc) is 3.24. The highest BCUT2D eigenvalue weighted by atomic mass is 32.1. The van der Waals surface area contributed by atoms with E-state index in [2.05, 4.69) is 19.1 Å². The van der Waals surface area contributed by atoms with Crippen LogP contribution in [0.25, 0.3) is 0 Å². The maximum Gasteiger partial charge on any atom is 0.254 e. The highest BCUT2D eigenvalue weighted by Gasteiger charge is 2.27. The summed E-state index contributed by atoms with van der Waals surface area (Å²) < 4.78 is 0. The molecule has 0 radical (unpaired) electrons. The molecule has 1 aromatic heterocycles. The van der Waals surface area contributed by atoms with Crippen molar-refractivity contribution in [1.29, 1.82) is 0 Å². The van der Waals surface area contributed by atoms with Gasteiger partial charge in [-0.1, -0.05) is 31.2 Å². The monoisotopic (exact) mass is 329 g/mol. The third-order valence-corrected chi connectivity index (χ3v) is 5.63. The average molecular weight is 329 g/mol. The SMILES string of the molecule is CCc1cc(C(=O)N2CCC(Cc3ccc(CO)cc3)C2)cs1. The minimum atomic E-state index is 0.0897. The number of aliphatic hydroxyl groups excluding tert-OH is 1. The first-order valence-electron chi connectivity index (χ1n) is 8.25. The molecular weight excluding hydrogens is 306 g/mol. The largest absolute Gasteiger partial charge is 0.392 e. The predicted molar refractivity (Wildman–Crippen MR) is 93.8 cm³/mol. The summed E-state index contributed by atoms with van der Waals surface area (Å²) in [7, 11) is 0. The van der Waals surface area contributed by atoms with Crippen LogP contribution in [0.3, 0.4) is 0 Å². The second-order valence-corrected chi connectivity index (χ2v) is 7.24. The lowest BCUT2D eigenvalue weighted by molar-refractivity contribution is 0.0787. The van der Waals surface area contributed by atoms with Gasteiger partial charge >= 0.3 is 0 Å². The van der Waals surface area contributed by atoms with E-state index in [1.807, 2.05) is 28.5 Å². The van der Waals surface area contributed by atoms with Crippen molar-refractivity contribution >= 4 is 17.2 Å². The Kier molecular flexibility index (Phi) is 5.13. The first-order valence-corrected chi connectivity index (χ1v) is 9.13. The quantitative estimate of drug-likeness (QED) is 0.912. The molecule has 0 aliphatic carbocycles. The lowest BCUT2D eigenvalue weighted by Crippen LogP contribution is -2.28. The van der Waals surface area contributed by atoms with Crippen LogP contribution >= 0.6 is 11.3 Å². The molecule has 3 nitrogen and oxygen atoms in total. The maximum atomic E-state index is 12.6. The molecule has 1 fully saturated rings. The molecular formula is C19H23NO2S. The van der Waals surface area contributed by atoms with Crippen LogP contribution in [0.5, 0.6) is 0 Å². The number of carbonyl (C=O) groups is 1. The molecule has 1 amide bonds. The number of carbonyl (C=O) groups excluding carboxylic acids is 1. The molecule has 3 rings (SSSR count). The Labute approximate surface area is 141 Å². The second-order valence-electron chi connectivity index (χ2n) is 6.24. The molecule has 1 N–H and O–H groups in total. The lowest BCUT2D eigenvalue weighted by atomic mass is 9.98. The van der Waals surface area contributed by atoms with Crippen LogP contribution in [-0.4, -0.2) is 29.0 Å². The Morgan fingerprint density at radius 1 is 1.30 bits per heavy atom. The van der Waals surface area contributed by atoms with Gasteiger partial charge in [0, 0.05) is 23.3 Å². The van der Waals surface area contributed by atoms with Gasteiger partial charge in [0.25, 0.3) is 5.91 Å². The Hall–Kier alpha value is -1.65. The number of aliphatic hydroxyl groups is 1. The van der Waals surface area contributed by atoms with Gasteiger partial charge in [0.15, 0.2) is 0 Å². The third kappa shape index (κ3) is 3.82. The first kappa shape index (κ1) is 16.2. The van der Waals surface area contributed by atoms with Gasteiger partial charge in [0.05, 0.1) is 12.2 Å². The van der Waals surface area contributed by atoms with Gasteiger partial charge in [0.2, 0.25) is 0 Å². The van der Waals surface area contributed by atoms with Crippen molar-refractivity contribution in [2.75, 3.05) is 13.1 Å². The molecule has 0 bridgehead atoms. The fourth-order valence-corrected chi connectivity index (χ4v) is 3.97. The Balaban J connectivity index is 1.58. The van der Waals surface area contributed by atoms with Crippen molar-refractivity contribution in [2.24, 2.45) is 5.92 Å². The van der Waals surface area contributed by atoms with E-state index < -0.39 is 0 Å². The molecule has 2 heterocycles. The van der Waals surface area contributed by atoms with Gasteiger partial charge in [-0.15, -0.1) is 11.3 Å². The van der Waals surface area contributed by atoms with Crippen molar-refractivity contribution in [3.8, 4) is 0 Å². The standard InChI is InChI=1S/C19H23NO2S/c1-2-18-10-17(13-23-18)19(22)20-8-7-16(11-20)9-14-3-5-15(12-21)6-4-14/h3-6,10,13,16,21H,2,7-9,11-12H2,1H3. The van der Waals surface area contributed by atoms with Crippen LogP contribution in [-0.2, 0) is 19.4 Å². The zero-order chi connectivity index (χ0) is 16.2. The van der Waals surface area contributed by atoms with Gasteiger partial charge in [-0.2, -0.15) is 0 Å². The van der Waals surface area contributed by atoms with E-state index in [9.17, 15) is 4.79 Å². The number of hydrogen-bond donors (Lipinski definition) is 1. The van der Waals surface area contributed by atoms with Crippen LogP contribution in [0, 0.1) is 5.92 Å². The van der Waals surface area contributed by atoms with E-state index in [0.717, 1.165) is 43.5 Å². The zero-order valence-corrected chi connectivity index (χ0v) is 14.3. The van der Waals surface area contributed by atoms with E-state index in [1.165, 1.54) is 10.4 Å². The van der Waals surface area contributed by atoms with Crippen LogP contribution < -0.4 is 0 Å². The minimum Gasteiger partial charge on any atom is -0.392 e. The van der Waals surface area contributed by atoms with Gasteiger partial charge in [0.1, 0.15) is 0 Å². The van der Waals surface area contributed by atoms with Crippen molar-refractivity contribution in [1.82, 2.24) is 4.90 Å². The fourth-order valence-electron chi connectivity index (χ4n) is 3.16. The smallest absolute Gasteiger partial charge is 0.254 e. The second kappa shape index (κ2) is 7.28. The maximum absolute atomic E-state index is 12.6. The van der Waals surface area contributed by atoms with Crippen LogP contribution in [0.2, 0.25) is 0 Å². The molecule has 1 saturated heterocycles. The highest BCUT2D eigenvalue weighted by molar-refractivity contribution is 7.10. The lowest BCUT2D eigenvalue weighted by Gasteiger charge is -2.16. The van der Waals surface area contributed by atoms with E-state index in [1.54, 1.807) is 11.3 Å². The molecule has 0 saturated carbocycles. The highest BCUT2D eigenvalue weighted by Crippen LogP contribution is 2.24. The summed E-state index contributed by atoms with van der Waals surface area (Å²) >= 11 is 1.68. The molecule has 1 aliphatic heterocycles. The van der Waals surface area contributed by atoms with Crippen molar-refractivity contribution < 1.29 is 9.90 Å². The summed E-state index contributed by atoms with van der Waals surface area (Å²) in [5.41, 5.74) is 3.08. The van der Waals surface area contributed by atoms with Crippen molar-refractivity contribution in [3.63, 3.8) is 0 Å². The minimum absolute atomic E-state index is 0.0897. The topological polar surface area (TPSA) is 40.5 Å². The summed E-state index contributed by atoms with van der Waals surface area (Å²) in [5.74, 6) is 0.710. The van der Waals surface area contributed by atoms with Crippen LogP contribution in [0.4, 0.5) is 0 Å². The molecule has 1 aliphatic rings. The summed E-state index contributed by atoms with van der Waals surface area (Å²) in [4.78, 5) is 15.8. The Morgan fingerprint density at radius 3 is 2.70 bits per heavy atom. The molecule has 1 atom stereocenters. The van der Waals surface area contributed by atoms with Crippen molar-refractivity contribution in [3.05, 3.63) is 57.3 Å². The molecule has 0 spiro atoms. The van der Waals surface area contributed by atoms with Crippen molar-refractivity contribution in [2.45, 2.75) is 32.8 Å². The summed E-state index contributed by atoms with van der Waals surface area (Å²) in [6.45, 7) is 3.91. The number of benzene rings is 1. The Morgan fingerprint density at radius 2 is 2.04 bits per heavy atom. The van der Waals surface area contributed by atoms with Crippen LogP contribution in [0.1, 0.15) is 39.7 Å². The molecule has 122 valence electrons. The van der Waals surface area contributed by atoms with Gasteiger partial charge in [-0.3, -0.25) is 4.79 Å². The molecule has 1 unspecified atom stereocenters. The molecule has 23 heavy (non-hydrogen) atoms. The molecule has 1 aromatic carbocycles. The number of hydrogen-bond acceptors (Lipinski definition) is 3. The normalized spacial score (nSPS) is 17.7. The van der Waals surface area contributed by atoms with E-state index in [4.69, 9.17) is 5.11 Å². The van der Waals surface area contributed by atoms with Gasteiger partial charge in [-0.05, 0) is 42.4 Å². The molecule has 2 aromatic rings. The van der Waals surface area contributed by atoms with Gasteiger partial charge < -0.3 is 10.0 Å².